The van der Waals surface area contributed by atoms with Gasteiger partial charge in [0.25, 0.3) is 0 Å². The molecule has 9 rings (SSSR count). The maximum Gasteiger partial charge on any atom is 0.0541 e. The summed E-state index contributed by atoms with van der Waals surface area (Å²) in [7, 11) is 0. The van der Waals surface area contributed by atoms with Gasteiger partial charge in [-0.15, -0.1) is 0 Å². The molecule has 218 valence electrons. The Morgan fingerprint density at radius 1 is 0.600 bits per heavy atom. The first-order valence-electron chi connectivity index (χ1n) is 16.4. The van der Waals surface area contributed by atoms with Crippen LogP contribution in [0, 0.1) is 5.92 Å². The van der Waals surface area contributed by atoms with Crippen LogP contribution in [-0.2, 0) is 6.42 Å². The average molecular weight is 581 g/mol. The zero-order valence-corrected chi connectivity index (χ0v) is 25.7. The number of benzene rings is 4. The second-order valence-electron chi connectivity index (χ2n) is 12.9. The molecule has 45 heavy (non-hydrogen) atoms. The van der Waals surface area contributed by atoms with Gasteiger partial charge in [0, 0.05) is 39.2 Å². The van der Waals surface area contributed by atoms with Crippen molar-refractivity contribution in [3.05, 3.63) is 150 Å². The lowest BCUT2D eigenvalue weighted by Crippen LogP contribution is -2.08. The van der Waals surface area contributed by atoms with E-state index in [2.05, 4.69) is 156 Å². The number of allylic oxidation sites excluding steroid dienone is 9. The number of fused-ring (bicyclic) bond motifs is 6. The van der Waals surface area contributed by atoms with Gasteiger partial charge in [-0.1, -0.05) is 104 Å². The van der Waals surface area contributed by atoms with E-state index in [0.717, 1.165) is 25.7 Å². The topological polar surface area (TPSA) is 9.86 Å². The van der Waals surface area contributed by atoms with Crippen molar-refractivity contribution < 1.29 is 0 Å². The Morgan fingerprint density at radius 3 is 2.20 bits per heavy atom. The van der Waals surface area contributed by atoms with Crippen LogP contribution in [0.3, 0.4) is 0 Å². The van der Waals surface area contributed by atoms with Gasteiger partial charge in [0.1, 0.15) is 0 Å². The molecule has 2 aromatic heterocycles. The number of aromatic nitrogens is 2. The van der Waals surface area contributed by atoms with Crippen molar-refractivity contribution in [2.75, 3.05) is 0 Å². The Bertz CT molecular complexity index is 2290. The lowest BCUT2D eigenvalue weighted by molar-refractivity contribution is 0.734. The number of para-hydroxylation sites is 2. The molecule has 2 nitrogen and oxygen atoms in total. The molecule has 0 saturated carbocycles. The third kappa shape index (κ3) is 4.31. The minimum atomic E-state index is 0.336. The summed E-state index contributed by atoms with van der Waals surface area (Å²) < 4.78 is 4.90. The van der Waals surface area contributed by atoms with Crippen LogP contribution in [0.1, 0.15) is 48.9 Å². The molecule has 0 amide bonds. The largest absolute Gasteiger partial charge is 0.310 e. The predicted octanol–water partition coefficient (Wildman–Crippen LogP) is 11.4. The van der Waals surface area contributed by atoms with E-state index < -0.39 is 0 Å². The van der Waals surface area contributed by atoms with E-state index in [4.69, 9.17) is 0 Å². The molecule has 0 N–H and O–H groups in total. The van der Waals surface area contributed by atoms with Crippen molar-refractivity contribution in [3.63, 3.8) is 0 Å². The first-order chi connectivity index (χ1) is 22.2. The van der Waals surface area contributed by atoms with Gasteiger partial charge in [-0.2, -0.15) is 0 Å². The highest BCUT2D eigenvalue weighted by molar-refractivity contribution is 6.11. The maximum absolute atomic E-state index is 2.47. The Morgan fingerprint density at radius 2 is 1.38 bits per heavy atom. The monoisotopic (exact) mass is 580 g/mol. The third-order valence-electron chi connectivity index (χ3n) is 10.0. The highest BCUT2D eigenvalue weighted by Crippen LogP contribution is 2.41. The molecular formula is C43H36N2. The molecule has 2 heterocycles. The molecule has 0 spiro atoms. The number of hydrogen-bond donors (Lipinski definition) is 0. The minimum Gasteiger partial charge on any atom is -0.310 e. The fourth-order valence-corrected chi connectivity index (χ4v) is 7.75. The van der Waals surface area contributed by atoms with Crippen molar-refractivity contribution >= 4 is 50.2 Å². The molecule has 0 radical (unpaired) electrons. The van der Waals surface area contributed by atoms with Gasteiger partial charge < -0.3 is 9.13 Å². The van der Waals surface area contributed by atoms with Crippen molar-refractivity contribution in [3.8, 4) is 11.1 Å². The van der Waals surface area contributed by atoms with E-state index in [-0.39, 0.29) is 0 Å². The molecule has 0 saturated heterocycles. The van der Waals surface area contributed by atoms with Gasteiger partial charge in [0.15, 0.2) is 0 Å². The normalized spacial score (nSPS) is 19.3. The highest BCUT2D eigenvalue weighted by atomic mass is 15.0. The number of nitrogens with zero attached hydrogens (tertiary/aromatic N) is 2. The number of rotatable bonds is 4. The molecule has 4 aromatic carbocycles. The van der Waals surface area contributed by atoms with E-state index in [1.165, 1.54) is 72.1 Å². The maximum atomic E-state index is 2.47. The smallest absolute Gasteiger partial charge is 0.0541 e. The Kier molecular flexibility index (Phi) is 6.16. The van der Waals surface area contributed by atoms with Crippen molar-refractivity contribution in [2.45, 2.75) is 38.5 Å². The van der Waals surface area contributed by atoms with E-state index in [1.807, 2.05) is 0 Å². The van der Waals surface area contributed by atoms with Crippen LogP contribution in [0.15, 0.2) is 134 Å². The molecule has 2 unspecified atom stereocenters. The first-order valence-corrected chi connectivity index (χ1v) is 16.4. The minimum absolute atomic E-state index is 0.336. The first kappa shape index (κ1) is 26.3. The Labute approximate surface area is 264 Å². The quantitative estimate of drug-likeness (QED) is 0.196. The molecule has 0 aliphatic heterocycles. The van der Waals surface area contributed by atoms with Crippen LogP contribution in [0.5, 0.6) is 0 Å². The lowest BCUT2D eigenvalue weighted by atomic mass is 9.85. The van der Waals surface area contributed by atoms with E-state index >= 15 is 0 Å². The summed E-state index contributed by atoms with van der Waals surface area (Å²) in [5.41, 5.74) is 13.1. The van der Waals surface area contributed by atoms with Crippen LogP contribution in [0.4, 0.5) is 0 Å². The van der Waals surface area contributed by atoms with E-state index in [0.29, 0.717) is 11.8 Å². The molecule has 3 aliphatic rings. The van der Waals surface area contributed by atoms with Gasteiger partial charge in [-0.05, 0) is 96.3 Å². The summed E-state index contributed by atoms with van der Waals surface area (Å²) >= 11 is 0. The summed E-state index contributed by atoms with van der Waals surface area (Å²) in [5, 5.41) is 3.99. The zero-order chi connectivity index (χ0) is 29.9. The van der Waals surface area contributed by atoms with Crippen LogP contribution >= 0.6 is 0 Å². The van der Waals surface area contributed by atoms with Gasteiger partial charge >= 0.3 is 0 Å². The molecule has 2 heteroatoms. The van der Waals surface area contributed by atoms with Crippen LogP contribution in [0.25, 0.3) is 61.3 Å². The summed E-state index contributed by atoms with van der Waals surface area (Å²) in [4.78, 5) is 0. The van der Waals surface area contributed by atoms with Gasteiger partial charge in [0.05, 0.1) is 16.6 Å². The summed E-state index contributed by atoms with van der Waals surface area (Å²) in [6.45, 7) is 2.29. The second kappa shape index (κ2) is 10.5. The SMILES string of the molecule is CC1C=CC(n2c3c(c4ccccc42)CC(c2cccc(-c4ccc5c(c4)c4ccccc4n5C4=CCCC=C4)c2)C=C3)=CC1. The van der Waals surface area contributed by atoms with Gasteiger partial charge in [-0.3, -0.25) is 0 Å². The van der Waals surface area contributed by atoms with Crippen molar-refractivity contribution in [2.24, 2.45) is 5.92 Å². The van der Waals surface area contributed by atoms with Gasteiger partial charge in [-0.25, -0.2) is 0 Å². The Hall–Kier alpha value is -5.08. The fraction of sp³-hybridized carbons (Fsp3) is 0.163. The number of hydrogen-bond acceptors (Lipinski definition) is 0. The second-order valence-corrected chi connectivity index (χ2v) is 12.9. The molecular weight excluding hydrogens is 544 g/mol. The average Bonchev–Trinajstić information content (AvgIpc) is 3.61. The highest BCUT2D eigenvalue weighted by Gasteiger charge is 2.24. The predicted molar refractivity (Wildman–Crippen MR) is 192 cm³/mol. The standard InChI is InChI=1S/C43H36N2/c1-29-18-22-35(23-19-29)45-41-17-8-6-15-37(41)39-28-33(21-25-43(39)45)31-11-9-10-30(26-31)32-20-24-42-38(27-32)36-14-5-7-16-40(36)44(42)34-12-3-2-4-13-34/h3,5-18,20-27,29,33H,2,4,19,28H2,1H3. The fourth-order valence-electron chi connectivity index (χ4n) is 7.75. The molecule has 0 fully saturated rings. The van der Waals surface area contributed by atoms with Crippen molar-refractivity contribution in [1.29, 1.82) is 0 Å². The molecule has 2 atom stereocenters. The van der Waals surface area contributed by atoms with Crippen LogP contribution in [-0.4, -0.2) is 9.13 Å². The van der Waals surface area contributed by atoms with E-state index in [1.54, 1.807) is 0 Å². The molecule has 3 aliphatic carbocycles. The summed E-state index contributed by atoms with van der Waals surface area (Å²) in [6, 6.07) is 34.0. The lowest BCUT2D eigenvalue weighted by Gasteiger charge is -2.21. The Balaban J connectivity index is 1.10. The molecule has 0 bridgehead atoms. The summed E-state index contributed by atoms with van der Waals surface area (Å²) in [5.74, 6) is 0.938. The summed E-state index contributed by atoms with van der Waals surface area (Å²) in [6.07, 6.45) is 23.1. The third-order valence-corrected chi connectivity index (χ3v) is 10.0. The van der Waals surface area contributed by atoms with Crippen LogP contribution in [0.2, 0.25) is 0 Å². The van der Waals surface area contributed by atoms with Gasteiger partial charge in [0.2, 0.25) is 0 Å². The van der Waals surface area contributed by atoms with Crippen LogP contribution < -0.4 is 0 Å². The van der Waals surface area contributed by atoms with Crippen molar-refractivity contribution in [1.82, 2.24) is 9.13 Å². The molecule has 6 aromatic rings. The zero-order valence-electron chi connectivity index (χ0n) is 25.7. The van der Waals surface area contributed by atoms with E-state index in [9.17, 15) is 0 Å².